The van der Waals surface area contributed by atoms with E-state index in [9.17, 15) is 13.2 Å². The van der Waals surface area contributed by atoms with Crippen molar-refractivity contribution in [3.63, 3.8) is 0 Å². The van der Waals surface area contributed by atoms with E-state index in [0.717, 1.165) is 36.8 Å². The fraction of sp³-hybridized carbons (Fsp3) is 0.381. The second-order valence-electron chi connectivity index (χ2n) is 6.70. The number of nitrogens with one attached hydrogen (secondary N) is 2. The Morgan fingerprint density at radius 1 is 0.964 bits per heavy atom. The SMILES string of the molecule is CCNS(=O)(=O)c1ccc(-c2ccccc2)cc1.O=C(NO)C1CCCCC1. The highest BCUT2D eigenvalue weighted by molar-refractivity contribution is 7.89. The number of amides is 1. The molecule has 0 radical (unpaired) electrons. The summed E-state index contributed by atoms with van der Waals surface area (Å²) in [4.78, 5) is 11.1. The van der Waals surface area contributed by atoms with Crippen LogP contribution in [0, 0.1) is 5.92 Å². The van der Waals surface area contributed by atoms with Crippen molar-refractivity contribution >= 4 is 15.9 Å². The molecule has 2 aromatic carbocycles. The minimum absolute atomic E-state index is 0.0683. The smallest absolute Gasteiger partial charge is 0.246 e. The van der Waals surface area contributed by atoms with Crippen LogP contribution in [0.2, 0.25) is 0 Å². The fourth-order valence-electron chi connectivity index (χ4n) is 3.19. The lowest BCUT2D eigenvalue weighted by atomic mass is 9.89. The van der Waals surface area contributed by atoms with Crippen molar-refractivity contribution in [1.82, 2.24) is 10.2 Å². The molecule has 1 aliphatic rings. The van der Waals surface area contributed by atoms with E-state index >= 15 is 0 Å². The second kappa shape index (κ2) is 10.9. The van der Waals surface area contributed by atoms with Crippen LogP contribution in [-0.4, -0.2) is 26.1 Å². The zero-order valence-corrected chi connectivity index (χ0v) is 16.9. The van der Waals surface area contributed by atoms with Gasteiger partial charge in [-0.1, -0.05) is 68.7 Å². The number of benzene rings is 2. The van der Waals surface area contributed by atoms with Crippen molar-refractivity contribution in [3.8, 4) is 11.1 Å². The van der Waals surface area contributed by atoms with E-state index in [-0.39, 0.29) is 11.8 Å². The van der Waals surface area contributed by atoms with Gasteiger partial charge in [-0.2, -0.15) is 0 Å². The zero-order chi connectivity index (χ0) is 20.4. The van der Waals surface area contributed by atoms with Crippen molar-refractivity contribution in [2.24, 2.45) is 5.92 Å². The number of carbonyl (C=O) groups is 1. The van der Waals surface area contributed by atoms with Gasteiger partial charge >= 0.3 is 0 Å². The van der Waals surface area contributed by atoms with E-state index in [1.165, 1.54) is 6.42 Å². The molecule has 2 aromatic rings. The van der Waals surface area contributed by atoms with Gasteiger partial charge in [-0.25, -0.2) is 18.6 Å². The number of hydrogen-bond acceptors (Lipinski definition) is 4. The van der Waals surface area contributed by atoms with Crippen molar-refractivity contribution in [2.75, 3.05) is 6.54 Å². The van der Waals surface area contributed by atoms with Crippen LogP contribution in [0.3, 0.4) is 0 Å². The maximum atomic E-state index is 11.8. The standard InChI is InChI=1S/C14H15NO2S.C7H13NO2/c1-2-15-18(16,17)14-10-8-13(9-11-14)12-6-4-3-5-7-12;9-7(8-10)6-4-2-1-3-5-6/h3-11,15H,2H2,1H3;6,10H,1-5H2,(H,8,9). The summed E-state index contributed by atoms with van der Waals surface area (Å²) in [5.41, 5.74) is 3.78. The monoisotopic (exact) mass is 404 g/mol. The Hall–Kier alpha value is -2.22. The number of hydroxylamine groups is 1. The summed E-state index contributed by atoms with van der Waals surface area (Å²) in [5, 5.41) is 8.29. The first kappa shape index (κ1) is 22.1. The lowest BCUT2D eigenvalue weighted by molar-refractivity contribution is -0.134. The Morgan fingerprint density at radius 3 is 2.07 bits per heavy atom. The molecule has 1 saturated carbocycles. The number of sulfonamides is 1. The first-order valence-corrected chi connectivity index (χ1v) is 11.1. The molecule has 28 heavy (non-hydrogen) atoms. The Morgan fingerprint density at radius 2 is 1.54 bits per heavy atom. The van der Waals surface area contributed by atoms with Gasteiger partial charge in [0.2, 0.25) is 15.9 Å². The van der Waals surface area contributed by atoms with Gasteiger partial charge < -0.3 is 0 Å². The minimum Gasteiger partial charge on any atom is -0.289 e. The molecule has 0 aliphatic heterocycles. The molecule has 0 unspecified atom stereocenters. The highest BCUT2D eigenvalue weighted by atomic mass is 32.2. The highest BCUT2D eigenvalue weighted by Crippen LogP contribution is 2.23. The average Bonchev–Trinajstić information content (AvgIpc) is 2.75. The Labute approximate surface area is 167 Å². The van der Waals surface area contributed by atoms with Gasteiger partial charge in [0.25, 0.3) is 0 Å². The molecule has 0 bridgehead atoms. The van der Waals surface area contributed by atoms with Gasteiger partial charge in [-0.15, -0.1) is 0 Å². The van der Waals surface area contributed by atoms with Crippen LogP contribution < -0.4 is 10.2 Å². The van der Waals surface area contributed by atoms with Crippen LogP contribution in [0.25, 0.3) is 11.1 Å². The second-order valence-corrected chi connectivity index (χ2v) is 8.47. The first-order valence-electron chi connectivity index (χ1n) is 9.57. The van der Waals surface area contributed by atoms with Crippen molar-refractivity contribution in [2.45, 2.75) is 43.9 Å². The normalized spacial score (nSPS) is 14.6. The molecule has 3 rings (SSSR count). The van der Waals surface area contributed by atoms with E-state index in [1.54, 1.807) is 24.5 Å². The average molecular weight is 405 g/mol. The topological polar surface area (TPSA) is 95.5 Å². The van der Waals surface area contributed by atoms with E-state index in [2.05, 4.69) is 4.72 Å². The lowest BCUT2D eigenvalue weighted by Crippen LogP contribution is -2.29. The Bertz CT molecular complexity index is 830. The predicted molar refractivity (Wildman–Crippen MR) is 109 cm³/mol. The predicted octanol–water partition coefficient (Wildman–Crippen LogP) is 3.72. The summed E-state index contributed by atoms with van der Waals surface area (Å²) < 4.78 is 26.0. The third kappa shape index (κ3) is 6.44. The van der Waals surface area contributed by atoms with Crippen molar-refractivity contribution in [1.29, 1.82) is 0 Å². The molecule has 0 spiro atoms. The molecule has 1 amide bonds. The number of hydrogen-bond donors (Lipinski definition) is 3. The van der Waals surface area contributed by atoms with Crippen LogP contribution in [0.1, 0.15) is 39.0 Å². The number of rotatable bonds is 5. The van der Waals surface area contributed by atoms with E-state index in [4.69, 9.17) is 5.21 Å². The zero-order valence-electron chi connectivity index (χ0n) is 16.1. The lowest BCUT2D eigenvalue weighted by Gasteiger charge is -2.18. The molecular formula is C21H28N2O4S. The minimum atomic E-state index is -3.36. The largest absolute Gasteiger partial charge is 0.289 e. The molecule has 0 heterocycles. The summed E-state index contributed by atoms with van der Waals surface area (Å²) in [7, 11) is -3.36. The van der Waals surface area contributed by atoms with Gasteiger partial charge in [-0.05, 0) is 36.1 Å². The Balaban J connectivity index is 0.000000237. The number of carbonyl (C=O) groups excluding carboxylic acids is 1. The van der Waals surface area contributed by atoms with Crippen LogP contribution in [0.15, 0.2) is 59.5 Å². The molecule has 3 N–H and O–H groups in total. The van der Waals surface area contributed by atoms with Gasteiger partial charge in [0, 0.05) is 12.5 Å². The first-order chi connectivity index (χ1) is 13.5. The maximum Gasteiger partial charge on any atom is 0.246 e. The van der Waals surface area contributed by atoms with Gasteiger partial charge in [-0.3, -0.25) is 10.0 Å². The van der Waals surface area contributed by atoms with E-state index in [0.29, 0.717) is 11.4 Å². The summed E-state index contributed by atoms with van der Waals surface area (Å²) in [6.45, 7) is 2.15. The maximum absolute atomic E-state index is 11.8. The molecule has 1 fully saturated rings. The van der Waals surface area contributed by atoms with E-state index in [1.807, 2.05) is 42.5 Å². The molecule has 6 nitrogen and oxygen atoms in total. The molecule has 152 valence electrons. The molecule has 0 saturated heterocycles. The molecule has 0 aromatic heterocycles. The highest BCUT2D eigenvalue weighted by Gasteiger charge is 2.19. The van der Waals surface area contributed by atoms with E-state index < -0.39 is 10.0 Å². The van der Waals surface area contributed by atoms with Gasteiger partial charge in [0.1, 0.15) is 0 Å². The fourth-order valence-corrected chi connectivity index (χ4v) is 4.23. The van der Waals surface area contributed by atoms with Crippen LogP contribution in [0.5, 0.6) is 0 Å². The van der Waals surface area contributed by atoms with Crippen LogP contribution >= 0.6 is 0 Å². The summed E-state index contributed by atoms with van der Waals surface area (Å²) >= 11 is 0. The quantitative estimate of drug-likeness (QED) is 0.523. The third-order valence-corrected chi connectivity index (χ3v) is 6.25. The molecule has 1 aliphatic carbocycles. The van der Waals surface area contributed by atoms with Crippen molar-refractivity contribution in [3.05, 3.63) is 54.6 Å². The van der Waals surface area contributed by atoms with Gasteiger partial charge in [0.05, 0.1) is 4.90 Å². The van der Waals surface area contributed by atoms with Crippen molar-refractivity contribution < 1.29 is 18.4 Å². The van der Waals surface area contributed by atoms with Gasteiger partial charge in [0.15, 0.2) is 0 Å². The summed E-state index contributed by atoms with van der Waals surface area (Å²) in [6, 6.07) is 16.7. The summed E-state index contributed by atoms with van der Waals surface area (Å²) in [5.74, 6) is -0.140. The van der Waals surface area contributed by atoms with Crippen LogP contribution in [0.4, 0.5) is 0 Å². The summed E-state index contributed by atoms with van der Waals surface area (Å²) in [6.07, 6.45) is 5.35. The van der Waals surface area contributed by atoms with Crippen LogP contribution in [-0.2, 0) is 14.8 Å². The third-order valence-electron chi connectivity index (χ3n) is 4.69. The molecule has 0 atom stereocenters. The molecular weight excluding hydrogens is 376 g/mol. The Kier molecular flexibility index (Phi) is 8.63. The molecule has 7 heteroatoms.